The number of nitrogens with zero attached hydrogens (tertiary/aromatic N) is 4. The molecule has 29 heavy (non-hydrogen) atoms. The Kier molecular flexibility index (Phi) is 8.99. The maximum atomic E-state index is 6.05. The molecule has 0 amide bonds. The standard InChI is InChI=1S/C22H36N6O/c1-7-28(8-2)13-14-29-21-12-10-9-11-19(21)15-24-22(23-5)25-16-20-17(3)26-27(6)18(20)4/h9-12H,7-8,13-16H2,1-6H3,(H2,23,24,25). The number of aliphatic imine (C=N–C) groups is 1. The lowest BCUT2D eigenvalue weighted by Gasteiger charge is -2.19. The van der Waals surface area contributed by atoms with Crippen molar-refractivity contribution in [2.75, 3.05) is 33.3 Å². The Morgan fingerprint density at radius 1 is 1.14 bits per heavy atom. The summed E-state index contributed by atoms with van der Waals surface area (Å²) >= 11 is 0. The molecule has 0 bridgehead atoms. The quantitative estimate of drug-likeness (QED) is 0.474. The lowest BCUT2D eigenvalue weighted by atomic mass is 10.2. The second-order valence-corrected chi connectivity index (χ2v) is 7.04. The van der Waals surface area contributed by atoms with Gasteiger partial charge in [0.05, 0.1) is 5.69 Å². The third-order valence-corrected chi connectivity index (χ3v) is 5.29. The Bertz CT molecular complexity index is 795. The molecule has 0 aliphatic rings. The van der Waals surface area contributed by atoms with Gasteiger partial charge in [-0.2, -0.15) is 5.10 Å². The first-order valence-electron chi connectivity index (χ1n) is 10.4. The highest BCUT2D eigenvalue weighted by atomic mass is 16.5. The number of aryl methyl sites for hydroxylation is 2. The van der Waals surface area contributed by atoms with Gasteiger partial charge in [0, 0.05) is 50.6 Å². The molecule has 0 fully saturated rings. The molecule has 0 radical (unpaired) electrons. The van der Waals surface area contributed by atoms with E-state index < -0.39 is 0 Å². The molecule has 0 spiro atoms. The summed E-state index contributed by atoms with van der Waals surface area (Å²) < 4.78 is 7.96. The summed E-state index contributed by atoms with van der Waals surface area (Å²) in [4.78, 5) is 6.70. The van der Waals surface area contributed by atoms with Crippen molar-refractivity contribution >= 4 is 5.96 Å². The second-order valence-electron chi connectivity index (χ2n) is 7.04. The van der Waals surface area contributed by atoms with Crippen molar-refractivity contribution in [2.24, 2.45) is 12.0 Å². The van der Waals surface area contributed by atoms with Gasteiger partial charge in [-0.3, -0.25) is 9.67 Å². The lowest BCUT2D eigenvalue weighted by Crippen LogP contribution is -2.36. The molecule has 7 nitrogen and oxygen atoms in total. The van der Waals surface area contributed by atoms with Crippen LogP contribution in [-0.2, 0) is 20.1 Å². The predicted octanol–water partition coefficient (Wildman–Crippen LogP) is 2.62. The van der Waals surface area contributed by atoms with Crippen LogP contribution in [0.25, 0.3) is 0 Å². The predicted molar refractivity (Wildman–Crippen MR) is 119 cm³/mol. The third-order valence-electron chi connectivity index (χ3n) is 5.29. The van der Waals surface area contributed by atoms with Crippen LogP contribution in [0.1, 0.15) is 36.4 Å². The fourth-order valence-corrected chi connectivity index (χ4v) is 3.26. The Morgan fingerprint density at radius 2 is 1.83 bits per heavy atom. The fraction of sp³-hybridized carbons (Fsp3) is 0.545. The number of rotatable bonds is 10. The average molecular weight is 401 g/mol. The van der Waals surface area contributed by atoms with E-state index in [0.29, 0.717) is 19.7 Å². The Morgan fingerprint density at radius 3 is 2.45 bits per heavy atom. The third kappa shape index (κ3) is 6.49. The van der Waals surface area contributed by atoms with E-state index in [4.69, 9.17) is 4.74 Å². The molecule has 1 aromatic carbocycles. The fourth-order valence-electron chi connectivity index (χ4n) is 3.26. The van der Waals surface area contributed by atoms with Crippen LogP contribution in [0.2, 0.25) is 0 Å². The number of likely N-dealkylation sites (N-methyl/N-ethyl adjacent to an activating group) is 1. The molecule has 0 aliphatic heterocycles. The highest BCUT2D eigenvalue weighted by Gasteiger charge is 2.10. The zero-order chi connectivity index (χ0) is 21.2. The van der Waals surface area contributed by atoms with E-state index in [1.807, 2.05) is 36.9 Å². The van der Waals surface area contributed by atoms with Gasteiger partial charge >= 0.3 is 0 Å². The summed E-state index contributed by atoms with van der Waals surface area (Å²) in [5.41, 5.74) is 4.52. The Hall–Kier alpha value is -2.54. The molecule has 2 N–H and O–H groups in total. The van der Waals surface area contributed by atoms with E-state index in [0.717, 1.165) is 48.3 Å². The average Bonchev–Trinajstić information content (AvgIpc) is 2.97. The van der Waals surface area contributed by atoms with Crippen LogP contribution < -0.4 is 15.4 Å². The van der Waals surface area contributed by atoms with Gasteiger partial charge in [-0.25, -0.2) is 0 Å². The van der Waals surface area contributed by atoms with E-state index in [2.05, 4.69) is 52.5 Å². The smallest absolute Gasteiger partial charge is 0.191 e. The zero-order valence-corrected chi connectivity index (χ0v) is 18.7. The molecule has 2 aromatic rings. The molecule has 0 atom stereocenters. The summed E-state index contributed by atoms with van der Waals surface area (Å²) in [5, 5.41) is 11.2. The molecule has 0 saturated heterocycles. The molecule has 2 rings (SSSR count). The van der Waals surface area contributed by atoms with Gasteiger partial charge in [-0.05, 0) is 33.0 Å². The van der Waals surface area contributed by atoms with E-state index in [1.165, 1.54) is 5.56 Å². The van der Waals surface area contributed by atoms with Gasteiger partial charge in [0.2, 0.25) is 0 Å². The number of hydrogen-bond donors (Lipinski definition) is 2. The van der Waals surface area contributed by atoms with Crippen molar-refractivity contribution in [1.82, 2.24) is 25.3 Å². The maximum absolute atomic E-state index is 6.05. The van der Waals surface area contributed by atoms with Crippen molar-refractivity contribution in [3.05, 3.63) is 46.8 Å². The normalized spacial score (nSPS) is 11.8. The van der Waals surface area contributed by atoms with Crippen molar-refractivity contribution < 1.29 is 4.74 Å². The molecule has 0 saturated carbocycles. The van der Waals surface area contributed by atoms with Crippen molar-refractivity contribution in [3.63, 3.8) is 0 Å². The van der Waals surface area contributed by atoms with Gasteiger partial charge in [0.15, 0.2) is 5.96 Å². The van der Waals surface area contributed by atoms with Crippen LogP contribution in [0.5, 0.6) is 5.75 Å². The van der Waals surface area contributed by atoms with Gasteiger partial charge in [-0.15, -0.1) is 0 Å². The molecule has 160 valence electrons. The summed E-state index contributed by atoms with van der Waals surface area (Å²) in [7, 11) is 3.75. The van der Waals surface area contributed by atoms with Crippen molar-refractivity contribution in [3.8, 4) is 5.75 Å². The first-order chi connectivity index (χ1) is 14.0. The number of guanidine groups is 1. The molecule has 1 heterocycles. The number of para-hydroxylation sites is 1. The molecule has 1 aromatic heterocycles. The first kappa shape index (κ1) is 22.7. The van der Waals surface area contributed by atoms with Crippen molar-refractivity contribution in [2.45, 2.75) is 40.8 Å². The summed E-state index contributed by atoms with van der Waals surface area (Å²) in [6.45, 7) is 13.5. The van der Waals surface area contributed by atoms with Crippen LogP contribution in [0.15, 0.2) is 29.3 Å². The van der Waals surface area contributed by atoms with Crippen molar-refractivity contribution in [1.29, 1.82) is 0 Å². The summed E-state index contributed by atoms with van der Waals surface area (Å²) in [6.07, 6.45) is 0. The molecular formula is C22H36N6O. The number of hydrogen-bond acceptors (Lipinski definition) is 4. The SMILES string of the molecule is CCN(CC)CCOc1ccccc1CNC(=NC)NCc1c(C)nn(C)c1C. The van der Waals surface area contributed by atoms with Crippen LogP contribution >= 0.6 is 0 Å². The van der Waals surface area contributed by atoms with E-state index in [-0.39, 0.29) is 0 Å². The van der Waals surface area contributed by atoms with E-state index in [9.17, 15) is 0 Å². The maximum Gasteiger partial charge on any atom is 0.191 e. The zero-order valence-electron chi connectivity index (χ0n) is 18.7. The number of nitrogens with one attached hydrogen (secondary N) is 2. The lowest BCUT2D eigenvalue weighted by molar-refractivity contribution is 0.221. The van der Waals surface area contributed by atoms with Crippen LogP contribution in [0.3, 0.4) is 0 Å². The van der Waals surface area contributed by atoms with Crippen LogP contribution in [0.4, 0.5) is 0 Å². The van der Waals surface area contributed by atoms with Gasteiger partial charge in [-0.1, -0.05) is 32.0 Å². The minimum atomic E-state index is 0.645. The molecule has 0 unspecified atom stereocenters. The first-order valence-corrected chi connectivity index (χ1v) is 10.4. The minimum Gasteiger partial charge on any atom is -0.492 e. The largest absolute Gasteiger partial charge is 0.492 e. The van der Waals surface area contributed by atoms with Gasteiger partial charge in [0.1, 0.15) is 12.4 Å². The van der Waals surface area contributed by atoms with Crippen LogP contribution in [0, 0.1) is 13.8 Å². The van der Waals surface area contributed by atoms with E-state index in [1.54, 1.807) is 7.05 Å². The highest BCUT2D eigenvalue weighted by Crippen LogP contribution is 2.17. The van der Waals surface area contributed by atoms with E-state index >= 15 is 0 Å². The topological polar surface area (TPSA) is 66.7 Å². The summed E-state index contributed by atoms with van der Waals surface area (Å²) in [6, 6.07) is 8.16. The summed E-state index contributed by atoms with van der Waals surface area (Å²) in [5.74, 6) is 1.67. The monoisotopic (exact) mass is 400 g/mol. The highest BCUT2D eigenvalue weighted by molar-refractivity contribution is 5.79. The molecule has 0 aliphatic carbocycles. The number of aromatic nitrogens is 2. The number of benzene rings is 1. The second kappa shape index (κ2) is 11.5. The Balaban J connectivity index is 1.90. The van der Waals surface area contributed by atoms with Crippen LogP contribution in [-0.4, -0.2) is 53.9 Å². The molecule has 7 heteroatoms. The van der Waals surface area contributed by atoms with Gasteiger partial charge in [0.25, 0.3) is 0 Å². The Labute approximate surface area is 175 Å². The minimum absolute atomic E-state index is 0.645. The van der Waals surface area contributed by atoms with Gasteiger partial charge < -0.3 is 20.3 Å². The molecular weight excluding hydrogens is 364 g/mol. The number of ether oxygens (including phenoxy) is 1.